The second-order valence-corrected chi connectivity index (χ2v) is 8.77. The van der Waals surface area contributed by atoms with Crippen molar-refractivity contribution in [1.29, 1.82) is 5.41 Å². The zero-order valence-corrected chi connectivity index (χ0v) is 19.1. The van der Waals surface area contributed by atoms with E-state index < -0.39 is 0 Å². The summed E-state index contributed by atoms with van der Waals surface area (Å²) in [5, 5.41) is 8.95. The minimum Gasteiger partial charge on any atom is -0.368 e. The molecular weight excluding hydrogens is 420 g/mol. The molecule has 0 unspecified atom stereocenters. The third-order valence-electron chi connectivity index (χ3n) is 6.75. The Morgan fingerprint density at radius 3 is 2.47 bits per heavy atom. The maximum atomic E-state index is 7.82. The first kappa shape index (κ1) is 20.4. The molecule has 168 valence electrons. The number of amidine groups is 1. The number of piperazine rings is 1. The van der Waals surface area contributed by atoms with Crippen molar-refractivity contribution < 1.29 is 0 Å². The Bertz CT molecular complexity index is 1490. The van der Waals surface area contributed by atoms with E-state index in [1.54, 1.807) is 0 Å². The fourth-order valence-electron chi connectivity index (χ4n) is 4.85. The van der Waals surface area contributed by atoms with Crippen molar-refractivity contribution in [3.63, 3.8) is 0 Å². The number of benzene rings is 2. The van der Waals surface area contributed by atoms with Crippen LogP contribution >= 0.6 is 0 Å². The summed E-state index contributed by atoms with van der Waals surface area (Å²) < 4.78 is 2.14. The fourth-order valence-corrected chi connectivity index (χ4v) is 4.85. The zero-order chi connectivity index (χ0) is 23.1. The molecule has 0 amide bonds. The number of anilines is 1. The van der Waals surface area contributed by atoms with E-state index in [1.165, 1.54) is 11.3 Å². The van der Waals surface area contributed by atoms with Gasteiger partial charge in [-0.3, -0.25) is 14.8 Å². The van der Waals surface area contributed by atoms with Gasteiger partial charge in [-0.15, -0.1) is 0 Å². The van der Waals surface area contributed by atoms with E-state index in [9.17, 15) is 0 Å². The van der Waals surface area contributed by atoms with Crippen LogP contribution in [0.2, 0.25) is 0 Å². The predicted molar refractivity (Wildman–Crippen MR) is 139 cm³/mol. The smallest absolute Gasteiger partial charge is 0.137 e. The van der Waals surface area contributed by atoms with Gasteiger partial charge in [-0.1, -0.05) is 30.3 Å². The van der Waals surface area contributed by atoms with Gasteiger partial charge in [0.05, 0.1) is 23.2 Å². The minimum atomic E-state index is 0.657. The Kier molecular flexibility index (Phi) is 4.99. The molecular formula is C28H26N6. The number of nitrogens with one attached hydrogen (secondary N) is 1. The van der Waals surface area contributed by atoms with Crippen LogP contribution in [0, 0.1) is 5.41 Å². The molecule has 1 saturated heterocycles. The number of aromatic nitrogens is 3. The lowest BCUT2D eigenvalue weighted by Crippen LogP contribution is -2.47. The molecule has 0 radical (unpaired) electrons. The SMILES string of the molecule is CC(=N)N1CCN(c2ccc(-c3ccn4c(-c5cccc6ncccc56)cnc4c3)cc2)CC1. The Hall–Kier alpha value is -4.19. The van der Waals surface area contributed by atoms with Crippen molar-refractivity contribution >= 4 is 28.1 Å². The molecule has 1 N–H and O–H groups in total. The molecule has 4 heterocycles. The molecule has 5 aromatic rings. The van der Waals surface area contributed by atoms with E-state index in [-0.39, 0.29) is 0 Å². The van der Waals surface area contributed by atoms with Crippen molar-refractivity contribution in [2.24, 2.45) is 0 Å². The van der Waals surface area contributed by atoms with Gasteiger partial charge in [0.25, 0.3) is 0 Å². The Morgan fingerprint density at radius 2 is 1.68 bits per heavy atom. The van der Waals surface area contributed by atoms with Crippen LogP contribution < -0.4 is 4.90 Å². The molecule has 1 aliphatic rings. The number of hydrogen-bond donors (Lipinski definition) is 1. The lowest BCUT2D eigenvalue weighted by molar-refractivity contribution is 0.382. The largest absolute Gasteiger partial charge is 0.368 e. The quantitative estimate of drug-likeness (QED) is 0.300. The number of imidazole rings is 1. The van der Waals surface area contributed by atoms with Crippen molar-refractivity contribution in [1.82, 2.24) is 19.3 Å². The van der Waals surface area contributed by atoms with Gasteiger partial charge in [0.15, 0.2) is 0 Å². The molecule has 6 rings (SSSR count). The van der Waals surface area contributed by atoms with Crippen LogP contribution in [-0.2, 0) is 0 Å². The number of rotatable bonds is 3. The van der Waals surface area contributed by atoms with E-state index in [4.69, 9.17) is 10.4 Å². The van der Waals surface area contributed by atoms with Crippen LogP contribution in [0.15, 0.2) is 85.3 Å². The highest BCUT2D eigenvalue weighted by molar-refractivity contribution is 5.94. The van der Waals surface area contributed by atoms with Crippen LogP contribution in [0.1, 0.15) is 6.92 Å². The highest BCUT2D eigenvalue weighted by atomic mass is 15.3. The second kappa shape index (κ2) is 8.30. The first-order chi connectivity index (χ1) is 16.7. The molecule has 3 aromatic heterocycles. The van der Waals surface area contributed by atoms with E-state index in [0.29, 0.717) is 5.84 Å². The highest BCUT2D eigenvalue weighted by Gasteiger charge is 2.17. The molecule has 0 spiro atoms. The standard InChI is InChI=1S/C28H26N6/c1-20(29)32-14-16-33(17-15-32)23-9-7-21(8-10-23)22-11-13-34-27(19-31-28(34)18-22)25-4-2-6-26-24(25)5-3-12-30-26/h2-13,18-19,29H,14-17H2,1H3. The van der Waals surface area contributed by atoms with Gasteiger partial charge in [0.1, 0.15) is 5.65 Å². The van der Waals surface area contributed by atoms with Gasteiger partial charge < -0.3 is 9.80 Å². The summed E-state index contributed by atoms with van der Waals surface area (Å²) in [6, 6.07) is 23.4. The van der Waals surface area contributed by atoms with Crippen LogP contribution in [0.25, 0.3) is 38.9 Å². The summed E-state index contributed by atoms with van der Waals surface area (Å²) in [6.07, 6.45) is 5.88. The minimum absolute atomic E-state index is 0.657. The van der Waals surface area contributed by atoms with Crippen molar-refractivity contribution in [2.45, 2.75) is 6.92 Å². The first-order valence-corrected chi connectivity index (χ1v) is 11.6. The molecule has 6 heteroatoms. The highest BCUT2D eigenvalue weighted by Crippen LogP contribution is 2.30. The van der Waals surface area contributed by atoms with Crippen molar-refractivity contribution in [2.75, 3.05) is 31.1 Å². The van der Waals surface area contributed by atoms with Crippen molar-refractivity contribution in [3.8, 4) is 22.4 Å². The van der Waals surface area contributed by atoms with Gasteiger partial charge in [-0.2, -0.15) is 0 Å². The van der Waals surface area contributed by atoms with E-state index in [2.05, 4.69) is 73.9 Å². The van der Waals surface area contributed by atoms with Crippen LogP contribution in [0.4, 0.5) is 5.69 Å². The lowest BCUT2D eigenvalue weighted by atomic mass is 10.1. The zero-order valence-electron chi connectivity index (χ0n) is 19.1. The molecule has 1 fully saturated rings. The maximum absolute atomic E-state index is 7.82. The van der Waals surface area contributed by atoms with Gasteiger partial charge in [-0.25, -0.2) is 4.98 Å². The summed E-state index contributed by atoms with van der Waals surface area (Å²) in [7, 11) is 0. The fraction of sp³-hybridized carbons (Fsp3) is 0.179. The second-order valence-electron chi connectivity index (χ2n) is 8.77. The van der Waals surface area contributed by atoms with Gasteiger partial charge in [0, 0.05) is 55.2 Å². The normalized spacial score (nSPS) is 14.1. The van der Waals surface area contributed by atoms with Crippen LogP contribution in [-0.4, -0.2) is 51.3 Å². The first-order valence-electron chi connectivity index (χ1n) is 11.6. The number of pyridine rings is 2. The summed E-state index contributed by atoms with van der Waals surface area (Å²) >= 11 is 0. The van der Waals surface area contributed by atoms with Gasteiger partial charge in [-0.05, 0) is 54.4 Å². The summed E-state index contributed by atoms with van der Waals surface area (Å²) in [5.74, 6) is 0.657. The van der Waals surface area contributed by atoms with E-state index in [1.807, 2.05) is 37.5 Å². The van der Waals surface area contributed by atoms with Crippen LogP contribution in [0.3, 0.4) is 0 Å². The average molecular weight is 447 g/mol. The number of nitrogens with zero attached hydrogens (tertiary/aromatic N) is 5. The molecule has 0 saturated carbocycles. The van der Waals surface area contributed by atoms with Crippen LogP contribution in [0.5, 0.6) is 0 Å². The third kappa shape index (κ3) is 3.57. The molecule has 0 aliphatic carbocycles. The molecule has 6 nitrogen and oxygen atoms in total. The Balaban J connectivity index is 1.27. The Labute approximate surface area is 198 Å². The maximum Gasteiger partial charge on any atom is 0.137 e. The summed E-state index contributed by atoms with van der Waals surface area (Å²) in [4.78, 5) is 13.7. The third-order valence-corrected chi connectivity index (χ3v) is 6.75. The lowest BCUT2D eigenvalue weighted by Gasteiger charge is -2.36. The molecule has 0 bridgehead atoms. The molecule has 2 aromatic carbocycles. The summed E-state index contributed by atoms with van der Waals surface area (Å²) in [6.45, 7) is 5.57. The Morgan fingerprint density at radius 1 is 0.853 bits per heavy atom. The van der Waals surface area contributed by atoms with Gasteiger partial charge in [0.2, 0.25) is 0 Å². The number of fused-ring (bicyclic) bond motifs is 2. The van der Waals surface area contributed by atoms with E-state index in [0.717, 1.165) is 59.5 Å². The van der Waals surface area contributed by atoms with Crippen molar-refractivity contribution in [3.05, 3.63) is 85.3 Å². The van der Waals surface area contributed by atoms with E-state index >= 15 is 0 Å². The molecule has 0 atom stereocenters. The molecule has 34 heavy (non-hydrogen) atoms. The average Bonchev–Trinajstić information content (AvgIpc) is 3.31. The molecule has 1 aliphatic heterocycles. The number of hydrogen-bond acceptors (Lipinski definition) is 4. The van der Waals surface area contributed by atoms with Gasteiger partial charge >= 0.3 is 0 Å². The predicted octanol–water partition coefficient (Wildman–Crippen LogP) is 5.34. The topological polar surface area (TPSA) is 60.5 Å². The monoisotopic (exact) mass is 446 g/mol. The summed E-state index contributed by atoms with van der Waals surface area (Å²) in [5.41, 5.74) is 7.68.